The fourth-order valence-corrected chi connectivity index (χ4v) is 14.1. The topological polar surface area (TPSA) is 322 Å². The minimum absolute atomic E-state index is 0. The SMILES string of the molecule is CN1CCC(C(=O)Cl)CC1.CN1CCC(C(=O)O)CC1.COc1cc2c(cc1-c1c(C)noc1C)[nH]c1nc(C)nc(-c3ccc(N)c4ccccc34)c12.COc1cc2c(cc1-c1c(C)noc1C)[nH]c1nc(C)nc(-c3ccc(NC(=O)C4CCN(C)CC4)c4ccccc34)c12.O=CO[O-].[2H]CF.[Na+]. The maximum Gasteiger partial charge on any atom is 1.00 e. The van der Waals surface area contributed by atoms with E-state index in [9.17, 15) is 18.8 Å². The van der Waals surface area contributed by atoms with E-state index in [1.165, 1.54) is 0 Å². The number of H-pyrrole nitrogens is 2. The summed E-state index contributed by atoms with van der Waals surface area (Å²) in [6, 6.07) is 32.5. The zero-order chi connectivity index (χ0) is 74.6. The van der Waals surface area contributed by atoms with E-state index in [1.807, 2.05) is 109 Å². The summed E-state index contributed by atoms with van der Waals surface area (Å²) in [5, 5.41) is 36.2. The Balaban J connectivity index is 0.000000181. The minimum atomic E-state index is -1.00. The number of rotatable bonds is 11. The van der Waals surface area contributed by atoms with Crippen LogP contribution in [0.25, 0.3) is 110 Å². The van der Waals surface area contributed by atoms with Crippen molar-refractivity contribution in [1.29, 1.82) is 0 Å². The van der Waals surface area contributed by atoms with Gasteiger partial charge in [0.05, 0.1) is 73.3 Å². The smallest absolute Gasteiger partial charge is 0.662 e. The van der Waals surface area contributed by atoms with Gasteiger partial charge >= 0.3 is 35.5 Å². The van der Waals surface area contributed by atoms with Crippen LogP contribution in [0.3, 0.4) is 0 Å². The summed E-state index contributed by atoms with van der Waals surface area (Å²) in [4.78, 5) is 78.6. The van der Waals surface area contributed by atoms with E-state index in [4.69, 9.17) is 72.3 Å². The van der Waals surface area contributed by atoms with Crippen molar-refractivity contribution in [2.45, 2.75) is 80.1 Å². The summed E-state index contributed by atoms with van der Waals surface area (Å²) in [6.45, 7) is 17.0. The number of carbonyl (C=O) groups excluding carboxylic acids is 3. The summed E-state index contributed by atoms with van der Waals surface area (Å²) >= 11 is 5.35. The molecule has 24 nitrogen and oxygen atoms in total. The summed E-state index contributed by atoms with van der Waals surface area (Å²) in [7, 11) is 8.54. The van der Waals surface area contributed by atoms with Crippen molar-refractivity contribution < 1.29 is 88.3 Å². The van der Waals surface area contributed by atoms with Gasteiger partial charge in [0.15, 0.2) is 0 Å². The van der Waals surface area contributed by atoms with Crippen LogP contribution in [0.15, 0.2) is 106 Å². The summed E-state index contributed by atoms with van der Waals surface area (Å²) in [6.07, 6.45) is 5.23. The second-order valence-electron chi connectivity index (χ2n) is 26.0. The number of carboxylic acid groups (broad SMARTS) is 1. The summed E-state index contributed by atoms with van der Waals surface area (Å²) in [5.41, 5.74) is 20.2. The van der Waals surface area contributed by atoms with Crippen LogP contribution in [0.1, 0.15) is 74.5 Å². The molecule has 6 N–H and O–H groups in total. The third kappa shape index (κ3) is 17.3. The van der Waals surface area contributed by atoms with Gasteiger partial charge in [0, 0.05) is 78.0 Å². The number of halogens is 2. The number of nitrogens with two attached hydrogens (primary N) is 1. The average molecular weight is 1450 g/mol. The predicted octanol–water partition coefficient (Wildman–Crippen LogP) is 10.4. The number of aliphatic carboxylic acids is 1. The number of likely N-dealkylation sites (tertiary alicyclic amines) is 3. The number of fused-ring (bicyclic) bond motifs is 8. The van der Waals surface area contributed by atoms with E-state index in [-0.39, 0.29) is 64.9 Å². The van der Waals surface area contributed by atoms with Gasteiger partial charge in [-0.2, -0.15) is 0 Å². The van der Waals surface area contributed by atoms with E-state index >= 15 is 0 Å². The number of nitrogen functional groups attached to an aromatic ring is 1. The molecule has 15 rings (SSSR count). The molecule has 6 aromatic carbocycles. The first kappa shape index (κ1) is 77.2. The molecule has 0 radical (unpaired) electrons. The Morgan fingerprint density at radius 2 is 1.01 bits per heavy atom. The number of methoxy groups -OCH3 is 2. The zero-order valence-corrected chi connectivity index (χ0v) is 63.4. The molecule has 1 amide bonds. The second-order valence-corrected chi connectivity index (χ2v) is 26.4. The largest absolute Gasteiger partial charge is 1.00 e. The van der Waals surface area contributed by atoms with Gasteiger partial charge in [0.1, 0.15) is 46.0 Å². The number of anilines is 2. The molecule has 0 bridgehead atoms. The molecule has 0 unspecified atom stereocenters. The van der Waals surface area contributed by atoms with Gasteiger partial charge in [-0.25, -0.2) is 19.9 Å². The standard InChI is InChI=1S/C34H34N6O3.C27H23N5O2.C7H12ClNO.C7H13NO2.CH3F.CH2O3.Na/c1-18-30(19(2)43-39-18)26-16-28-25(17-29(26)42-5)31-32(35-20(3)36-33(31)37-28)24-10-11-27(23-9-7-6-8-22(23)24)38-34(41)21-12-14-40(4)15-13-21;1-13-24(14(2)34-32-13)20-11-22-19(12-23(20)33-4)25-26(29-15(3)30-27(25)31-22)18-9-10-21(28)17-8-6-5-7-16(17)18;1-9-4-2-6(3-5-9)7(8)10;1-8-4-2-6(3-5-8)7(9)10;1-2;2-1-4-3;/h6-11,16-17,21H,12-15H2,1-5H3,(H,38,41)(H,35,36,37);5-12H,28H2,1-4H3,(H,29,30,31);6H,2-5H2,1H3;6H,2-5H2,1H3,(H,9,10);1H3;1,3H;/q;;;;;;+1/p-1/i;;;;1D;;. The van der Waals surface area contributed by atoms with Gasteiger partial charge < -0.3 is 69.5 Å². The number of hydrogen-bond acceptors (Lipinski definition) is 20. The Labute approximate surface area is 629 Å². The quantitative estimate of drug-likeness (QED) is 0.0201. The molecule has 27 heteroatoms. The first-order valence-electron chi connectivity index (χ1n) is 34.5. The van der Waals surface area contributed by atoms with Crippen LogP contribution in [0.4, 0.5) is 15.8 Å². The third-order valence-corrected chi connectivity index (χ3v) is 19.6. The molecular weight excluding hydrogens is 1360 g/mol. The van der Waals surface area contributed by atoms with Crippen molar-refractivity contribution in [1.82, 2.24) is 54.9 Å². The van der Waals surface area contributed by atoms with Gasteiger partial charge in [0.2, 0.25) is 11.1 Å². The fourth-order valence-electron chi connectivity index (χ4n) is 13.9. The van der Waals surface area contributed by atoms with Crippen molar-refractivity contribution in [2.75, 3.05) is 92.8 Å². The number of aromatic nitrogens is 8. The zero-order valence-electron chi connectivity index (χ0n) is 61.6. The van der Waals surface area contributed by atoms with Crippen LogP contribution >= 0.6 is 11.6 Å². The molecule has 9 heterocycles. The predicted molar refractivity (Wildman–Crippen MR) is 398 cm³/mol. The van der Waals surface area contributed by atoms with Gasteiger partial charge in [-0.05, 0) is 199 Å². The Kier molecular flexibility index (Phi) is 26.2. The van der Waals surface area contributed by atoms with Gasteiger partial charge in [-0.3, -0.25) is 23.6 Å². The van der Waals surface area contributed by atoms with E-state index in [0.717, 1.165) is 228 Å². The molecule has 0 saturated carbocycles. The molecule has 540 valence electrons. The molecule has 3 saturated heterocycles. The normalized spacial score (nSPS) is 14.7. The molecule has 104 heavy (non-hydrogen) atoms. The minimum Gasteiger partial charge on any atom is -0.662 e. The molecule has 0 aliphatic carbocycles. The Morgan fingerprint density at radius 3 is 1.40 bits per heavy atom. The van der Waals surface area contributed by atoms with Crippen LogP contribution in [-0.2, 0) is 24.1 Å². The number of aryl methyl sites for hydroxylation is 6. The maximum absolute atomic E-state index is 13.2. The van der Waals surface area contributed by atoms with Gasteiger partial charge in [-0.1, -0.05) is 71.0 Å². The number of ether oxygens (including phenoxy) is 2. The van der Waals surface area contributed by atoms with E-state index in [1.54, 1.807) is 14.2 Å². The molecule has 3 aliphatic rings. The first-order valence-corrected chi connectivity index (χ1v) is 34.2. The van der Waals surface area contributed by atoms with Crippen molar-refractivity contribution in [2.24, 2.45) is 17.8 Å². The van der Waals surface area contributed by atoms with Crippen LogP contribution in [-0.4, -0.2) is 165 Å². The Morgan fingerprint density at radius 1 is 0.615 bits per heavy atom. The number of piperidine rings is 3. The van der Waals surface area contributed by atoms with Crippen molar-refractivity contribution in [3.63, 3.8) is 0 Å². The number of nitrogens with one attached hydrogen (secondary N) is 3. The molecule has 3 aliphatic heterocycles. The number of hydrogen-bond donors (Lipinski definition) is 5. The second kappa shape index (κ2) is 35.4. The van der Waals surface area contributed by atoms with Crippen LogP contribution in [0, 0.1) is 59.3 Å². The van der Waals surface area contributed by atoms with Crippen molar-refractivity contribution in [3.8, 4) is 56.3 Å². The Hall–Kier alpha value is -9.44. The van der Waals surface area contributed by atoms with Crippen LogP contribution in [0.5, 0.6) is 11.5 Å². The van der Waals surface area contributed by atoms with Crippen molar-refractivity contribution >= 4 is 112 Å². The van der Waals surface area contributed by atoms with Crippen molar-refractivity contribution in [3.05, 3.63) is 132 Å². The average Bonchev–Trinajstić information content (AvgIpc) is 1.62. The Bertz CT molecular complexity index is 5010. The molecular formula is C77H86ClFN13NaO11. The number of aromatic amines is 2. The number of carbonyl (C=O) groups is 4. The number of amides is 1. The van der Waals surface area contributed by atoms with Crippen LogP contribution in [0.2, 0.25) is 0 Å². The number of carboxylic acids is 1. The molecule has 6 aromatic heterocycles. The van der Waals surface area contributed by atoms with Crippen LogP contribution < -0.4 is 55.3 Å². The fraction of sp³-hybridized carbons (Fsp3) is 0.351. The van der Waals surface area contributed by atoms with Gasteiger partial charge in [0.25, 0.3) is 6.47 Å². The molecule has 0 atom stereocenters. The third-order valence-electron chi connectivity index (χ3n) is 19.3. The van der Waals surface area contributed by atoms with E-state index in [0.29, 0.717) is 17.4 Å². The molecule has 12 aromatic rings. The number of nitrogens with zero attached hydrogens (tertiary/aromatic N) is 9. The molecule has 0 spiro atoms. The van der Waals surface area contributed by atoms with E-state index in [2.05, 4.69) is 95.7 Å². The molecule has 3 fully saturated rings. The monoisotopic (exact) mass is 1450 g/mol. The van der Waals surface area contributed by atoms with Gasteiger partial charge in [-0.15, -0.1) is 0 Å². The number of benzene rings is 6. The summed E-state index contributed by atoms with van der Waals surface area (Å²) in [5.74, 6) is 3.79. The number of alkyl halides is 1. The summed E-state index contributed by atoms with van der Waals surface area (Å²) < 4.78 is 38.1. The maximum atomic E-state index is 13.2. The van der Waals surface area contributed by atoms with E-state index < -0.39 is 13.1 Å². The first-order chi connectivity index (χ1) is 50.0.